The van der Waals surface area contributed by atoms with Gasteiger partial charge in [-0.2, -0.15) is 13.2 Å². The quantitative estimate of drug-likeness (QED) is 0.865. The summed E-state index contributed by atoms with van der Waals surface area (Å²) < 4.78 is 56.5. The molecule has 2 rings (SSSR count). The molecular weight excluding hydrogens is 304 g/mol. The van der Waals surface area contributed by atoms with Crippen LogP contribution in [-0.2, 0) is 10.9 Å². The number of nitrogens with zero attached hydrogens (tertiary/aromatic N) is 1. The van der Waals surface area contributed by atoms with Crippen LogP contribution in [0.15, 0.2) is 18.2 Å². The highest BCUT2D eigenvalue weighted by Crippen LogP contribution is 2.30. The van der Waals surface area contributed by atoms with Crippen LogP contribution in [0.25, 0.3) is 0 Å². The second-order valence-electron chi connectivity index (χ2n) is 5.19. The smallest absolute Gasteiger partial charge is 0.374 e. The summed E-state index contributed by atoms with van der Waals surface area (Å²) in [7, 11) is 1.90. The van der Waals surface area contributed by atoms with Gasteiger partial charge in [-0.3, -0.25) is 4.79 Å². The van der Waals surface area contributed by atoms with Crippen molar-refractivity contribution in [1.29, 1.82) is 0 Å². The average Bonchev–Trinajstić information content (AvgIpc) is 2.43. The zero-order chi connectivity index (χ0) is 16.3. The van der Waals surface area contributed by atoms with E-state index in [1.165, 1.54) is 0 Å². The molecule has 1 aliphatic rings. The molecule has 1 fully saturated rings. The fourth-order valence-corrected chi connectivity index (χ4v) is 2.18. The molecule has 1 amide bonds. The number of halogens is 4. The van der Waals surface area contributed by atoms with E-state index in [-0.39, 0.29) is 18.2 Å². The number of alkyl halides is 3. The minimum Gasteiger partial charge on any atom is -0.374 e. The maximum atomic E-state index is 13.3. The molecule has 1 saturated heterocycles. The first-order valence-electron chi connectivity index (χ1n) is 6.72. The van der Waals surface area contributed by atoms with E-state index in [1.807, 2.05) is 11.9 Å². The molecule has 1 aromatic rings. The Morgan fingerprint density at radius 2 is 2.14 bits per heavy atom. The van der Waals surface area contributed by atoms with Crippen LogP contribution in [0.3, 0.4) is 0 Å². The highest BCUT2D eigenvalue weighted by Gasteiger charge is 2.32. The molecule has 1 aromatic carbocycles. The predicted octanol–water partition coefficient (Wildman–Crippen LogP) is 1.90. The average molecular weight is 320 g/mol. The van der Waals surface area contributed by atoms with E-state index >= 15 is 0 Å². The van der Waals surface area contributed by atoms with Gasteiger partial charge in [0.05, 0.1) is 18.3 Å². The molecule has 0 spiro atoms. The van der Waals surface area contributed by atoms with E-state index in [0.29, 0.717) is 25.3 Å². The Morgan fingerprint density at radius 1 is 1.41 bits per heavy atom. The molecule has 1 heterocycles. The molecule has 8 heteroatoms. The molecule has 122 valence electrons. The minimum atomic E-state index is -4.70. The molecule has 22 heavy (non-hydrogen) atoms. The molecule has 0 bridgehead atoms. The molecule has 0 radical (unpaired) electrons. The van der Waals surface area contributed by atoms with Gasteiger partial charge in [-0.05, 0) is 25.2 Å². The summed E-state index contributed by atoms with van der Waals surface area (Å²) >= 11 is 0. The number of rotatable bonds is 3. The Bertz CT molecular complexity index is 548. The SMILES string of the molecule is CN1CCOC(CNC(=O)c2cc(F)cc(C(F)(F)F)c2)C1. The molecule has 1 unspecified atom stereocenters. The Labute approximate surface area is 125 Å². The summed E-state index contributed by atoms with van der Waals surface area (Å²) in [5.41, 5.74) is -1.55. The number of likely N-dealkylation sites (N-methyl/N-ethyl adjacent to an activating group) is 1. The summed E-state index contributed by atoms with van der Waals surface area (Å²) in [5, 5.41) is 2.47. The van der Waals surface area contributed by atoms with Crippen molar-refractivity contribution < 1.29 is 27.1 Å². The summed E-state index contributed by atoms with van der Waals surface area (Å²) in [5.74, 6) is -1.87. The lowest BCUT2D eigenvalue weighted by molar-refractivity contribution is -0.137. The van der Waals surface area contributed by atoms with Crippen LogP contribution in [0.1, 0.15) is 15.9 Å². The van der Waals surface area contributed by atoms with Gasteiger partial charge in [0.15, 0.2) is 0 Å². The lowest BCUT2D eigenvalue weighted by atomic mass is 10.1. The van der Waals surface area contributed by atoms with E-state index < -0.39 is 23.5 Å². The zero-order valence-corrected chi connectivity index (χ0v) is 11.9. The van der Waals surface area contributed by atoms with Crippen LogP contribution in [-0.4, -0.2) is 50.2 Å². The highest BCUT2D eigenvalue weighted by atomic mass is 19.4. The van der Waals surface area contributed by atoms with E-state index in [1.54, 1.807) is 0 Å². The van der Waals surface area contributed by atoms with Gasteiger partial charge in [0, 0.05) is 25.2 Å². The molecule has 1 atom stereocenters. The van der Waals surface area contributed by atoms with Crippen LogP contribution in [0.4, 0.5) is 17.6 Å². The van der Waals surface area contributed by atoms with Crippen LogP contribution >= 0.6 is 0 Å². The third kappa shape index (κ3) is 4.41. The standard InChI is InChI=1S/C14H16F4N2O2/c1-20-2-3-22-12(8-20)7-19-13(21)9-4-10(14(16,17)18)6-11(15)5-9/h4-6,12H,2-3,7-8H2,1H3,(H,19,21). The van der Waals surface area contributed by atoms with Crippen molar-refractivity contribution in [3.05, 3.63) is 35.1 Å². The first-order chi connectivity index (χ1) is 10.3. The Balaban J connectivity index is 2.02. The van der Waals surface area contributed by atoms with Crippen molar-refractivity contribution in [2.24, 2.45) is 0 Å². The summed E-state index contributed by atoms with van der Waals surface area (Å²) in [4.78, 5) is 13.9. The van der Waals surface area contributed by atoms with Crippen molar-refractivity contribution in [3.8, 4) is 0 Å². The first-order valence-corrected chi connectivity index (χ1v) is 6.72. The van der Waals surface area contributed by atoms with Crippen LogP contribution in [0.2, 0.25) is 0 Å². The first kappa shape index (κ1) is 16.7. The Hall–Kier alpha value is -1.67. The largest absolute Gasteiger partial charge is 0.416 e. The molecule has 0 saturated carbocycles. The zero-order valence-electron chi connectivity index (χ0n) is 11.9. The van der Waals surface area contributed by atoms with Gasteiger partial charge in [0.25, 0.3) is 5.91 Å². The third-order valence-corrected chi connectivity index (χ3v) is 3.32. The monoisotopic (exact) mass is 320 g/mol. The van der Waals surface area contributed by atoms with Crippen LogP contribution in [0.5, 0.6) is 0 Å². The van der Waals surface area contributed by atoms with Gasteiger partial charge < -0.3 is 15.0 Å². The van der Waals surface area contributed by atoms with Crippen molar-refractivity contribution in [3.63, 3.8) is 0 Å². The van der Waals surface area contributed by atoms with Crippen LogP contribution < -0.4 is 5.32 Å². The third-order valence-electron chi connectivity index (χ3n) is 3.32. The summed E-state index contributed by atoms with van der Waals surface area (Å²) in [6, 6.07) is 1.76. The summed E-state index contributed by atoms with van der Waals surface area (Å²) in [6.45, 7) is 2.07. The fraction of sp³-hybridized carbons (Fsp3) is 0.500. The van der Waals surface area contributed by atoms with Gasteiger partial charge in [-0.1, -0.05) is 0 Å². The van der Waals surface area contributed by atoms with E-state index in [2.05, 4.69) is 5.32 Å². The fourth-order valence-electron chi connectivity index (χ4n) is 2.18. The van der Waals surface area contributed by atoms with Gasteiger partial charge in [0.1, 0.15) is 5.82 Å². The van der Waals surface area contributed by atoms with Crippen molar-refractivity contribution in [1.82, 2.24) is 10.2 Å². The van der Waals surface area contributed by atoms with Gasteiger partial charge >= 0.3 is 6.18 Å². The number of carbonyl (C=O) groups is 1. The number of carbonyl (C=O) groups excluding carboxylic acids is 1. The van der Waals surface area contributed by atoms with Crippen molar-refractivity contribution in [2.45, 2.75) is 12.3 Å². The van der Waals surface area contributed by atoms with Crippen molar-refractivity contribution in [2.75, 3.05) is 33.3 Å². The Kier molecular flexibility index (Phi) is 5.02. The topological polar surface area (TPSA) is 41.6 Å². The maximum absolute atomic E-state index is 13.3. The van der Waals surface area contributed by atoms with Gasteiger partial charge in [-0.15, -0.1) is 0 Å². The number of morpholine rings is 1. The minimum absolute atomic E-state index is 0.154. The predicted molar refractivity (Wildman–Crippen MR) is 71.0 cm³/mol. The summed E-state index contributed by atoms with van der Waals surface area (Å²) in [6.07, 6.45) is -4.94. The second kappa shape index (κ2) is 6.62. The number of nitrogens with one attached hydrogen (secondary N) is 1. The lowest BCUT2D eigenvalue weighted by Gasteiger charge is -2.30. The lowest BCUT2D eigenvalue weighted by Crippen LogP contribution is -2.45. The van der Waals surface area contributed by atoms with E-state index in [0.717, 1.165) is 12.6 Å². The number of amides is 1. The van der Waals surface area contributed by atoms with Gasteiger partial charge in [0.2, 0.25) is 0 Å². The number of benzene rings is 1. The van der Waals surface area contributed by atoms with E-state index in [4.69, 9.17) is 4.74 Å². The van der Waals surface area contributed by atoms with Crippen molar-refractivity contribution >= 4 is 5.91 Å². The van der Waals surface area contributed by atoms with Crippen LogP contribution in [0, 0.1) is 5.82 Å². The number of hydrogen-bond donors (Lipinski definition) is 1. The molecule has 4 nitrogen and oxygen atoms in total. The number of hydrogen-bond acceptors (Lipinski definition) is 3. The molecule has 1 N–H and O–H groups in total. The molecular formula is C14H16F4N2O2. The Morgan fingerprint density at radius 3 is 2.77 bits per heavy atom. The highest BCUT2D eigenvalue weighted by molar-refractivity contribution is 5.94. The number of ether oxygens (including phenoxy) is 1. The molecule has 0 aliphatic carbocycles. The molecule has 1 aliphatic heterocycles. The normalized spacial score (nSPS) is 20.0. The van der Waals surface area contributed by atoms with Gasteiger partial charge in [-0.25, -0.2) is 4.39 Å². The maximum Gasteiger partial charge on any atom is 0.416 e. The van der Waals surface area contributed by atoms with E-state index in [9.17, 15) is 22.4 Å². The second-order valence-corrected chi connectivity index (χ2v) is 5.19. The molecule has 0 aromatic heterocycles.